The van der Waals surface area contributed by atoms with E-state index in [1.807, 2.05) is 39.0 Å². The highest BCUT2D eigenvalue weighted by Crippen LogP contribution is 2.33. The van der Waals surface area contributed by atoms with Gasteiger partial charge in [0, 0.05) is 49.4 Å². The van der Waals surface area contributed by atoms with Crippen molar-refractivity contribution in [3.8, 4) is 33.3 Å². The van der Waals surface area contributed by atoms with Gasteiger partial charge in [0.15, 0.2) is 0 Å². The highest BCUT2D eigenvalue weighted by molar-refractivity contribution is 7.13. The minimum Gasteiger partial charge on any atom is -0.497 e. The van der Waals surface area contributed by atoms with Crippen LogP contribution in [0.15, 0.2) is 58.3 Å². The molecule has 1 N–H and O–H groups in total. The molecule has 44 heavy (non-hydrogen) atoms. The van der Waals surface area contributed by atoms with Gasteiger partial charge in [0.25, 0.3) is 11.5 Å². The van der Waals surface area contributed by atoms with Gasteiger partial charge in [0.1, 0.15) is 16.5 Å². The van der Waals surface area contributed by atoms with E-state index < -0.39 is 11.9 Å². The Bertz CT molecular complexity index is 1770. The highest BCUT2D eigenvalue weighted by atomic mass is 32.1. The van der Waals surface area contributed by atoms with Crippen molar-refractivity contribution in [2.24, 2.45) is 0 Å². The predicted octanol–water partition coefficient (Wildman–Crippen LogP) is 6.08. The summed E-state index contributed by atoms with van der Waals surface area (Å²) in [7, 11) is 1.55. The second-order valence-corrected chi connectivity index (χ2v) is 11.4. The first-order valence-electron chi connectivity index (χ1n) is 14.1. The van der Waals surface area contributed by atoms with E-state index in [4.69, 9.17) is 4.74 Å². The number of nitrogens with zero attached hydrogens (tertiary/aromatic N) is 4. The molecule has 0 saturated carbocycles. The van der Waals surface area contributed by atoms with Crippen molar-refractivity contribution in [2.45, 2.75) is 33.4 Å². The van der Waals surface area contributed by atoms with Gasteiger partial charge in [-0.3, -0.25) is 19.1 Å². The zero-order valence-corrected chi connectivity index (χ0v) is 25.6. The SMILES string of the molecule is CCc1ccc(OC)cc1-n1c(C=C(C)C)c(C(=O)N2CCNCC2)cc(-c2nc(-c3ccc(C(F)(F)F)nc3)cs2)c1=O. The van der Waals surface area contributed by atoms with E-state index in [-0.39, 0.29) is 17.0 Å². The van der Waals surface area contributed by atoms with Crippen LogP contribution in [-0.4, -0.2) is 58.6 Å². The van der Waals surface area contributed by atoms with Crippen molar-refractivity contribution in [3.05, 3.63) is 86.4 Å². The maximum atomic E-state index is 14.5. The topological polar surface area (TPSA) is 89.3 Å². The quantitative estimate of drug-likeness (QED) is 0.269. The van der Waals surface area contributed by atoms with Crippen molar-refractivity contribution in [2.75, 3.05) is 33.3 Å². The lowest BCUT2D eigenvalue weighted by Crippen LogP contribution is -2.47. The second kappa shape index (κ2) is 12.7. The molecular formula is C32H32F3N5O3S. The van der Waals surface area contributed by atoms with Crippen LogP contribution in [0.25, 0.3) is 33.6 Å². The molecule has 0 aliphatic carbocycles. The van der Waals surface area contributed by atoms with Crippen LogP contribution in [0.4, 0.5) is 13.2 Å². The maximum Gasteiger partial charge on any atom is 0.433 e. The number of hydrogen-bond donors (Lipinski definition) is 1. The average Bonchev–Trinajstić information content (AvgIpc) is 3.51. The number of hydrogen-bond acceptors (Lipinski definition) is 7. The fraction of sp³-hybridized carbons (Fsp3) is 0.312. The number of thiazole rings is 1. The molecule has 0 radical (unpaired) electrons. The van der Waals surface area contributed by atoms with Gasteiger partial charge >= 0.3 is 6.18 Å². The number of rotatable bonds is 7. The number of allylic oxidation sites excluding steroid dienone is 1. The number of carbonyl (C=O) groups excluding carboxylic acids is 1. The van der Waals surface area contributed by atoms with E-state index in [9.17, 15) is 22.8 Å². The van der Waals surface area contributed by atoms with Crippen LogP contribution >= 0.6 is 11.3 Å². The third kappa shape index (κ3) is 6.31. The highest BCUT2D eigenvalue weighted by Gasteiger charge is 2.32. The Balaban J connectivity index is 1.75. The van der Waals surface area contributed by atoms with E-state index in [1.165, 1.54) is 17.4 Å². The fourth-order valence-corrected chi connectivity index (χ4v) is 5.91. The number of carbonyl (C=O) groups is 1. The molecule has 1 aliphatic rings. The molecule has 1 amide bonds. The Labute approximate surface area is 256 Å². The van der Waals surface area contributed by atoms with Gasteiger partial charge in [-0.15, -0.1) is 11.3 Å². The van der Waals surface area contributed by atoms with Crippen molar-refractivity contribution in [1.29, 1.82) is 0 Å². The summed E-state index contributed by atoms with van der Waals surface area (Å²) in [6, 6.07) is 9.30. The van der Waals surface area contributed by atoms with Crippen molar-refractivity contribution in [3.63, 3.8) is 0 Å². The summed E-state index contributed by atoms with van der Waals surface area (Å²) in [6.45, 7) is 8.13. The minimum atomic E-state index is -4.56. The average molecular weight is 624 g/mol. The zero-order chi connectivity index (χ0) is 31.6. The van der Waals surface area contributed by atoms with Gasteiger partial charge in [-0.25, -0.2) is 4.98 Å². The maximum absolute atomic E-state index is 14.5. The van der Waals surface area contributed by atoms with Gasteiger partial charge in [-0.05, 0) is 56.2 Å². The second-order valence-electron chi connectivity index (χ2n) is 10.6. The molecule has 1 aromatic carbocycles. The van der Waals surface area contributed by atoms with Crippen LogP contribution in [-0.2, 0) is 12.6 Å². The fourth-order valence-electron chi connectivity index (χ4n) is 5.07. The molecule has 1 aliphatic heterocycles. The lowest BCUT2D eigenvalue weighted by molar-refractivity contribution is -0.141. The van der Waals surface area contributed by atoms with Crippen molar-refractivity contribution < 1.29 is 22.7 Å². The molecule has 0 spiro atoms. The summed E-state index contributed by atoms with van der Waals surface area (Å²) in [4.78, 5) is 38.5. The molecule has 0 atom stereocenters. The Hall–Kier alpha value is -4.29. The molecule has 0 bridgehead atoms. The Kier molecular flexibility index (Phi) is 9.02. The van der Waals surface area contributed by atoms with E-state index >= 15 is 0 Å². The molecule has 3 aromatic heterocycles. The van der Waals surface area contributed by atoms with Crippen LogP contribution < -0.4 is 15.6 Å². The van der Waals surface area contributed by atoms with E-state index in [0.29, 0.717) is 71.6 Å². The smallest absolute Gasteiger partial charge is 0.433 e. The van der Waals surface area contributed by atoms with Gasteiger partial charge in [0.2, 0.25) is 0 Å². The third-order valence-electron chi connectivity index (χ3n) is 7.30. The number of ether oxygens (including phenoxy) is 1. The van der Waals surface area contributed by atoms with Crippen LogP contribution in [0, 0.1) is 0 Å². The molecular weight excluding hydrogens is 591 g/mol. The molecule has 0 unspecified atom stereocenters. The predicted molar refractivity (Wildman–Crippen MR) is 165 cm³/mol. The number of piperazine rings is 1. The van der Waals surface area contributed by atoms with Gasteiger partial charge in [-0.1, -0.05) is 18.6 Å². The summed E-state index contributed by atoms with van der Waals surface area (Å²) >= 11 is 1.17. The first-order valence-corrected chi connectivity index (χ1v) is 15.0. The molecule has 4 aromatic rings. The molecule has 1 fully saturated rings. The van der Waals surface area contributed by atoms with Crippen LogP contribution in [0.3, 0.4) is 0 Å². The van der Waals surface area contributed by atoms with E-state index in [0.717, 1.165) is 23.4 Å². The number of nitrogens with one attached hydrogen (secondary N) is 1. The summed E-state index contributed by atoms with van der Waals surface area (Å²) in [5.41, 5.74) is 2.72. The van der Waals surface area contributed by atoms with Crippen molar-refractivity contribution >= 4 is 23.3 Å². The standard InChI is InChI=1S/C32H32F3N5O3S/c1-5-20-6-8-22(43-4)15-26(20)40-27(14-19(2)3)23(30(41)39-12-10-36-11-13-39)16-24(31(40)42)29-38-25(18-44-29)21-7-9-28(37-17-21)32(33,34)35/h6-9,14-18,36H,5,10-13H2,1-4H3. The Morgan fingerprint density at radius 2 is 1.89 bits per heavy atom. The molecule has 1 saturated heterocycles. The van der Waals surface area contributed by atoms with Crippen LogP contribution in [0.1, 0.15) is 48.1 Å². The van der Waals surface area contributed by atoms with Crippen LogP contribution in [0.5, 0.6) is 5.75 Å². The number of methoxy groups -OCH3 is 1. The van der Waals surface area contributed by atoms with E-state index in [1.54, 1.807) is 34.1 Å². The number of amides is 1. The largest absolute Gasteiger partial charge is 0.497 e. The van der Waals surface area contributed by atoms with Crippen LogP contribution in [0.2, 0.25) is 0 Å². The lowest BCUT2D eigenvalue weighted by atomic mass is 10.0. The van der Waals surface area contributed by atoms with Gasteiger partial charge < -0.3 is 15.0 Å². The van der Waals surface area contributed by atoms with E-state index in [2.05, 4.69) is 15.3 Å². The van der Waals surface area contributed by atoms with Gasteiger partial charge in [-0.2, -0.15) is 13.2 Å². The number of aromatic nitrogens is 3. The Morgan fingerprint density at radius 3 is 2.50 bits per heavy atom. The third-order valence-corrected chi connectivity index (χ3v) is 8.17. The molecule has 8 nitrogen and oxygen atoms in total. The zero-order valence-electron chi connectivity index (χ0n) is 24.8. The summed E-state index contributed by atoms with van der Waals surface area (Å²) in [5.74, 6) is 0.345. The lowest BCUT2D eigenvalue weighted by Gasteiger charge is -2.29. The number of benzene rings is 1. The monoisotopic (exact) mass is 623 g/mol. The number of halogens is 3. The first-order chi connectivity index (χ1) is 21.0. The molecule has 5 rings (SSSR count). The van der Waals surface area contributed by atoms with Gasteiger partial charge in [0.05, 0.1) is 35.3 Å². The Morgan fingerprint density at radius 1 is 1.14 bits per heavy atom. The summed E-state index contributed by atoms with van der Waals surface area (Å²) < 4.78 is 46.2. The van der Waals surface area contributed by atoms with Crippen molar-refractivity contribution in [1.82, 2.24) is 24.8 Å². The number of alkyl halides is 3. The molecule has 230 valence electrons. The first kappa shape index (κ1) is 31.1. The molecule has 12 heteroatoms. The summed E-state index contributed by atoms with van der Waals surface area (Å²) in [6.07, 6.45) is -0.996. The minimum absolute atomic E-state index is 0.204. The summed E-state index contributed by atoms with van der Waals surface area (Å²) in [5, 5.41) is 5.25. The number of pyridine rings is 2. The molecule has 4 heterocycles. The normalized spacial score (nSPS) is 13.6. The number of aryl methyl sites for hydroxylation is 1.